The van der Waals surface area contributed by atoms with E-state index in [0.29, 0.717) is 36.8 Å². The van der Waals surface area contributed by atoms with Gasteiger partial charge in [-0.05, 0) is 18.8 Å². The van der Waals surface area contributed by atoms with Gasteiger partial charge in [-0.1, -0.05) is 13.8 Å². The minimum atomic E-state index is -0.0309. The molecule has 7 nitrogen and oxygen atoms in total. The van der Waals surface area contributed by atoms with Crippen LogP contribution in [0, 0.1) is 11.8 Å². The third-order valence-electron chi connectivity index (χ3n) is 4.33. The zero-order valence-corrected chi connectivity index (χ0v) is 15.3. The molecule has 1 saturated carbocycles. The Kier molecular flexibility index (Phi) is 6.45. The summed E-state index contributed by atoms with van der Waals surface area (Å²) < 4.78 is 0. The maximum absolute atomic E-state index is 12.0. The predicted octanol–water partition coefficient (Wildman–Crippen LogP) is 0.277. The minimum absolute atomic E-state index is 0.0309. The van der Waals surface area contributed by atoms with Crippen molar-refractivity contribution >= 4 is 17.8 Å². The van der Waals surface area contributed by atoms with E-state index in [1.807, 2.05) is 4.90 Å². The number of amides is 2. The van der Waals surface area contributed by atoms with Gasteiger partial charge >= 0.3 is 0 Å². The Morgan fingerprint density at radius 1 is 1.33 bits per heavy atom. The van der Waals surface area contributed by atoms with Gasteiger partial charge in [0, 0.05) is 52.1 Å². The Morgan fingerprint density at radius 2 is 2.04 bits per heavy atom. The number of guanidine groups is 1. The lowest BCUT2D eigenvalue weighted by Gasteiger charge is -2.18. The fourth-order valence-corrected chi connectivity index (χ4v) is 2.69. The minimum Gasteiger partial charge on any atom is -0.356 e. The molecular weight excluding hydrogens is 306 g/mol. The molecule has 1 saturated heterocycles. The average Bonchev–Trinajstić information content (AvgIpc) is 3.29. The highest BCUT2D eigenvalue weighted by Gasteiger charge is 2.39. The summed E-state index contributed by atoms with van der Waals surface area (Å²) in [7, 11) is 3.45. The molecule has 2 aliphatic rings. The van der Waals surface area contributed by atoms with E-state index in [0.717, 1.165) is 25.9 Å². The number of carbonyl (C=O) groups excluding carboxylic acids is 2. The Labute approximate surface area is 144 Å². The van der Waals surface area contributed by atoms with Gasteiger partial charge in [0.15, 0.2) is 5.96 Å². The van der Waals surface area contributed by atoms with E-state index in [-0.39, 0.29) is 18.4 Å². The topological polar surface area (TPSA) is 77.0 Å². The summed E-state index contributed by atoms with van der Waals surface area (Å²) in [5, 5.41) is 6.57. The molecule has 1 aliphatic carbocycles. The molecule has 2 amide bonds. The first-order chi connectivity index (χ1) is 11.4. The van der Waals surface area contributed by atoms with Crippen molar-refractivity contribution < 1.29 is 9.59 Å². The number of carbonyl (C=O) groups is 2. The molecule has 24 heavy (non-hydrogen) atoms. The summed E-state index contributed by atoms with van der Waals surface area (Å²) in [6.07, 6.45) is 2.92. The van der Waals surface area contributed by atoms with Gasteiger partial charge in [-0.15, -0.1) is 0 Å². The quantitative estimate of drug-likeness (QED) is 0.517. The van der Waals surface area contributed by atoms with Gasteiger partial charge in [-0.2, -0.15) is 0 Å². The normalized spacial score (nSPS) is 21.4. The lowest BCUT2D eigenvalue weighted by atomic mass is 10.1. The van der Waals surface area contributed by atoms with Crippen LogP contribution in [0.4, 0.5) is 0 Å². The highest BCUT2D eigenvalue weighted by molar-refractivity contribution is 5.85. The molecule has 2 N–H and O–H groups in total. The second-order valence-electron chi connectivity index (χ2n) is 7.46. The van der Waals surface area contributed by atoms with Crippen molar-refractivity contribution in [1.82, 2.24) is 20.4 Å². The van der Waals surface area contributed by atoms with Gasteiger partial charge < -0.3 is 20.4 Å². The highest BCUT2D eigenvalue weighted by Crippen LogP contribution is 2.32. The van der Waals surface area contributed by atoms with Gasteiger partial charge in [-0.25, -0.2) is 4.99 Å². The van der Waals surface area contributed by atoms with Crippen molar-refractivity contribution in [2.24, 2.45) is 16.8 Å². The van der Waals surface area contributed by atoms with Crippen LogP contribution in [0.15, 0.2) is 4.99 Å². The number of likely N-dealkylation sites (tertiary alicyclic amines) is 1. The lowest BCUT2D eigenvalue weighted by molar-refractivity contribution is -0.128. The van der Waals surface area contributed by atoms with E-state index in [2.05, 4.69) is 29.5 Å². The van der Waals surface area contributed by atoms with Gasteiger partial charge in [0.2, 0.25) is 11.8 Å². The zero-order chi connectivity index (χ0) is 17.7. The first-order valence-electron chi connectivity index (χ1n) is 8.88. The third-order valence-corrected chi connectivity index (χ3v) is 4.33. The van der Waals surface area contributed by atoms with E-state index < -0.39 is 0 Å². The van der Waals surface area contributed by atoms with Crippen molar-refractivity contribution in [3.8, 4) is 0 Å². The predicted molar refractivity (Wildman–Crippen MR) is 94.7 cm³/mol. The van der Waals surface area contributed by atoms with Crippen LogP contribution in [0.1, 0.15) is 33.1 Å². The number of likely N-dealkylation sites (N-methyl/N-ethyl adjacent to an activating group) is 1. The summed E-state index contributed by atoms with van der Waals surface area (Å²) in [6.45, 7) is 6.70. The van der Waals surface area contributed by atoms with Crippen LogP contribution < -0.4 is 10.6 Å². The van der Waals surface area contributed by atoms with Crippen molar-refractivity contribution in [3.05, 3.63) is 0 Å². The Hall–Kier alpha value is -1.79. The van der Waals surface area contributed by atoms with Gasteiger partial charge in [0.1, 0.15) is 6.54 Å². The second kappa shape index (κ2) is 8.35. The molecule has 0 bridgehead atoms. The van der Waals surface area contributed by atoms with Crippen molar-refractivity contribution in [2.75, 3.05) is 40.3 Å². The second-order valence-corrected chi connectivity index (χ2v) is 7.46. The van der Waals surface area contributed by atoms with E-state index in [4.69, 9.17) is 0 Å². The molecule has 1 aliphatic heterocycles. The molecule has 1 unspecified atom stereocenters. The van der Waals surface area contributed by atoms with Crippen LogP contribution in [0.5, 0.6) is 0 Å². The van der Waals surface area contributed by atoms with E-state index in [9.17, 15) is 9.59 Å². The lowest BCUT2D eigenvalue weighted by Crippen LogP contribution is -2.42. The number of hydrogen-bond donors (Lipinski definition) is 2. The average molecular weight is 337 g/mol. The van der Waals surface area contributed by atoms with Crippen LogP contribution >= 0.6 is 0 Å². The van der Waals surface area contributed by atoms with Gasteiger partial charge in [0.25, 0.3) is 0 Å². The standard InChI is InChI=1S/C17H31N5O2/c1-12(2)8-18-17(20-10-16(24)21(3)4)19-9-13-7-15(23)22(11-13)14-5-6-14/h12-14H,5-11H2,1-4H3,(H2,18,19,20). The number of aliphatic imine (C=N–C) groups is 1. The molecule has 2 rings (SSSR count). The number of nitrogens with one attached hydrogen (secondary N) is 2. The Bertz CT molecular complexity index is 485. The summed E-state index contributed by atoms with van der Waals surface area (Å²) in [5.74, 6) is 1.70. The molecule has 1 heterocycles. The van der Waals surface area contributed by atoms with Crippen LogP contribution in [0.3, 0.4) is 0 Å². The van der Waals surface area contributed by atoms with E-state index in [1.165, 1.54) is 4.90 Å². The van der Waals surface area contributed by atoms with Crippen molar-refractivity contribution in [2.45, 2.75) is 39.2 Å². The highest BCUT2D eigenvalue weighted by atomic mass is 16.2. The molecule has 0 aromatic heterocycles. The van der Waals surface area contributed by atoms with Crippen LogP contribution in [-0.2, 0) is 9.59 Å². The monoisotopic (exact) mass is 337 g/mol. The molecule has 0 aromatic carbocycles. The van der Waals surface area contributed by atoms with E-state index >= 15 is 0 Å². The molecular formula is C17H31N5O2. The molecule has 2 fully saturated rings. The fraction of sp³-hybridized carbons (Fsp3) is 0.824. The van der Waals surface area contributed by atoms with Crippen molar-refractivity contribution in [3.63, 3.8) is 0 Å². The van der Waals surface area contributed by atoms with Crippen molar-refractivity contribution in [1.29, 1.82) is 0 Å². The number of rotatable bonds is 7. The Morgan fingerprint density at radius 3 is 2.62 bits per heavy atom. The first kappa shape index (κ1) is 18.5. The number of hydrogen-bond acceptors (Lipinski definition) is 3. The largest absolute Gasteiger partial charge is 0.356 e. The molecule has 136 valence electrons. The zero-order valence-electron chi connectivity index (χ0n) is 15.3. The maximum atomic E-state index is 12.0. The smallest absolute Gasteiger partial charge is 0.243 e. The van der Waals surface area contributed by atoms with Gasteiger partial charge in [-0.3, -0.25) is 9.59 Å². The number of nitrogens with zero attached hydrogens (tertiary/aromatic N) is 3. The summed E-state index contributed by atoms with van der Waals surface area (Å²) in [5.41, 5.74) is 0. The molecule has 7 heteroatoms. The SMILES string of the molecule is CC(C)CNC(=NCC(=O)N(C)C)NCC1CC(=O)N(C2CC2)C1. The Balaban J connectivity index is 1.84. The summed E-state index contributed by atoms with van der Waals surface area (Å²) in [4.78, 5) is 31.7. The van der Waals surface area contributed by atoms with E-state index in [1.54, 1.807) is 14.1 Å². The fourth-order valence-electron chi connectivity index (χ4n) is 2.69. The summed E-state index contributed by atoms with van der Waals surface area (Å²) in [6, 6.07) is 0.493. The van der Waals surface area contributed by atoms with Crippen LogP contribution in [0.2, 0.25) is 0 Å². The molecule has 0 spiro atoms. The molecule has 1 atom stereocenters. The first-order valence-corrected chi connectivity index (χ1v) is 8.88. The maximum Gasteiger partial charge on any atom is 0.243 e. The van der Waals surface area contributed by atoms with Crippen LogP contribution in [0.25, 0.3) is 0 Å². The summed E-state index contributed by atoms with van der Waals surface area (Å²) >= 11 is 0. The molecule has 0 radical (unpaired) electrons. The van der Waals surface area contributed by atoms with Crippen LogP contribution in [-0.4, -0.2) is 73.9 Å². The molecule has 0 aromatic rings. The third kappa shape index (κ3) is 5.69. The van der Waals surface area contributed by atoms with Gasteiger partial charge in [0.05, 0.1) is 0 Å².